The van der Waals surface area contributed by atoms with Crippen molar-refractivity contribution in [1.29, 1.82) is 0 Å². The Balaban J connectivity index is 1.52. The minimum atomic E-state index is 0.606. The molecule has 1 aromatic carbocycles. The van der Waals surface area contributed by atoms with Crippen molar-refractivity contribution in [3.05, 3.63) is 54.5 Å². The van der Waals surface area contributed by atoms with Crippen LogP contribution in [0.2, 0.25) is 0 Å². The van der Waals surface area contributed by atoms with E-state index in [4.69, 9.17) is 9.97 Å². The van der Waals surface area contributed by atoms with E-state index in [0.29, 0.717) is 6.54 Å². The van der Waals surface area contributed by atoms with Crippen molar-refractivity contribution in [2.45, 2.75) is 19.4 Å². The van der Waals surface area contributed by atoms with Crippen molar-refractivity contribution >= 4 is 28.3 Å². The van der Waals surface area contributed by atoms with E-state index >= 15 is 0 Å². The van der Waals surface area contributed by atoms with Crippen molar-refractivity contribution in [3.63, 3.8) is 0 Å². The van der Waals surface area contributed by atoms with Gasteiger partial charge < -0.3 is 10.2 Å². The lowest BCUT2D eigenvalue weighted by molar-refractivity contribution is 0.849. The second-order valence-electron chi connectivity index (χ2n) is 6.47. The Morgan fingerprint density at radius 3 is 2.58 bits per heavy atom. The molecule has 1 aliphatic heterocycles. The van der Waals surface area contributed by atoms with Crippen molar-refractivity contribution in [3.8, 4) is 0 Å². The first-order valence-corrected chi connectivity index (χ1v) is 8.92. The molecule has 1 saturated heterocycles. The summed E-state index contributed by atoms with van der Waals surface area (Å²) >= 11 is 0. The molecule has 1 N–H and O–H groups in total. The van der Waals surface area contributed by atoms with Crippen LogP contribution in [0.15, 0.2) is 48.8 Å². The van der Waals surface area contributed by atoms with Gasteiger partial charge in [-0.2, -0.15) is 5.10 Å². The second-order valence-corrected chi connectivity index (χ2v) is 6.47. The van der Waals surface area contributed by atoms with E-state index in [9.17, 15) is 0 Å². The van der Waals surface area contributed by atoms with Crippen LogP contribution in [0.1, 0.15) is 18.5 Å². The van der Waals surface area contributed by atoms with E-state index in [1.807, 2.05) is 47.1 Å². The van der Waals surface area contributed by atoms with Gasteiger partial charge in [-0.3, -0.25) is 0 Å². The van der Waals surface area contributed by atoms with Crippen molar-refractivity contribution < 1.29 is 0 Å². The quantitative estimate of drug-likeness (QED) is 0.613. The van der Waals surface area contributed by atoms with E-state index in [2.05, 4.69) is 20.3 Å². The van der Waals surface area contributed by atoms with Crippen LogP contribution in [0.4, 0.5) is 11.6 Å². The van der Waals surface area contributed by atoms with Crippen LogP contribution >= 0.6 is 0 Å². The molecule has 130 valence electrons. The molecule has 0 aliphatic carbocycles. The minimum absolute atomic E-state index is 0.606. The molecule has 0 spiro atoms. The van der Waals surface area contributed by atoms with Crippen LogP contribution < -0.4 is 10.2 Å². The SMILES string of the molecule is c1ccc2nc(N3CCCC3)c(NCc3ccnc4ccnn34)nc2c1. The van der Waals surface area contributed by atoms with Crippen LogP contribution in [0.5, 0.6) is 0 Å². The number of hydrogen-bond acceptors (Lipinski definition) is 6. The first-order valence-electron chi connectivity index (χ1n) is 8.92. The van der Waals surface area contributed by atoms with E-state index in [0.717, 1.165) is 47.1 Å². The Morgan fingerprint density at radius 1 is 0.923 bits per heavy atom. The fraction of sp³-hybridized carbons (Fsp3) is 0.263. The number of anilines is 2. The Labute approximate surface area is 150 Å². The molecule has 7 nitrogen and oxygen atoms in total. The maximum absolute atomic E-state index is 4.89. The van der Waals surface area contributed by atoms with Crippen LogP contribution in [0, 0.1) is 0 Å². The van der Waals surface area contributed by atoms with E-state index in [1.54, 1.807) is 6.20 Å². The molecule has 0 radical (unpaired) electrons. The lowest BCUT2D eigenvalue weighted by Crippen LogP contribution is -2.22. The summed E-state index contributed by atoms with van der Waals surface area (Å²) in [6.45, 7) is 2.66. The van der Waals surface area contributed by atoms with E-state index in [1.165, 1.54) is 12.8 Å². The molecule has 4 heterocycles. The zero-order chi connectivity index (χ0) is 17.3. The first kappa shape index (κ1) is 15.1. The Hall–Kier alpha value is -3.22. The van der Waals surface area contributed by atoms with Gasteiger partial charge in [0.25, 0.3) is 0 Å². The number of nitrogens with one attached hydrogen (secondary N) is 1. The predicted octanol–water partition coefficient (Wildman–Crippen LogP) is 2.88. The lowest BCUT2D eigenvalue weighted by Gasteiger charge is -2.20. The summed E-state index contributed by atoms with van der Waals surface area (Å²) in [5.74, 6) is 1.76. The third kappa shape index (κ3) is 2.61. The summed E-state index contributed by atoms with van der Waals surface area (Å²) in [5, 5.41) is 7.83. The summed E-state index contributed by atoms with van der Waals surface area (Å²) in [6, 6.07) is 11.9. The second kappa shape index (κ2) is 6.25. The molecule has 0 atom stereocenters. The van der Waals surface area contributed by atoms with Crippen LogP contribution in [-0.4, -0.2) is 37.7 Å². The molecule has 5 rings (SSSR count). The fourth-order valence-corrected chi connectivity index (χ4v) is 3.45. The fourth-order valence-electron chi connectivity index (χ4n) is 3.45. The molecule has 0 bridgehead atoms. The molecule has 1 aliphatic rings. The summed E-state index contributed by atoms with van der Waals surface area (Å²) in [6.07, 6.45) is 5.97. The average Bonchev–Trinajstić information content (AvgIpc) is 3.37. The first-order chi connectivity index (χ1) is 12.9. The number of hydrogen-bond donors (Lipinski definition) is 1. The van der Waals surface area contributed by atoms with Gasteiger partial charge in [0.05, 0.1) is 29.5 Å². The molecule has 26 heavy (non-hydrogen) atoms. The molecule has 1 fully saturated rings. The van der Waals surface area contributed by atoms with E-state index < -0.39 is 0 Å². The van der Waals surface area contributed by atoms with Gasteiger partial charge in [0.15, 0.2) is 17.3 Å². The topological polar surface area (TPSA) is 71.2 Å². The van der Waals surface area contributed by atoms with Gasteiger partial charge in [-0.25, -0.2) is 19.5 Å². The summed E-state index contributed by atoms with van der Waals surface area (Å²) in [5.41, 5.74) is 3.70. The van der Waals surface area contributed by atoms with Gasteiger partial charge in [0.1, 0.15) is 0 Å². The van der Waals surface area contributed by atoms with Crippen molar-refractivity contribution in [1.82, 2.24) is 24.6 Å². The van der Waals surface area contributed by atoms with Crippen molar-refractivity contribution in [2.24, 2.45) is 0 Å². The highest BCUT2D eigenvalue weighted by atomic mass is 15.3. The number of para-hydroxylation sites is 2. The highest BCUT2D eigenvalue weighted by molar-refractivity contribution is 5.80. The third-order valence-electron chi connectivity index (χ3n) is 4.76. The molecular weight excluding hydrogens is 326 g/mol. The molecule has 4 aromatic rings. The number of fused-ring (bicyclic) bond motifs is 2. The standard InChI is InChI=1S/C19H19N7/c1-2-6-16-15(5-1)23-18(19(24-16)25-11-3-4-12-25)21-13-14-7-9-20-17-8-10-22-26(14)17/h1-2,5-10H,3-4,11-13H2,(H,21,23). The maximum atomic E-state index is 4.89. The summed E-state index contributed by atoms with van der Waals surface area (Å²) in [7, 11) is 0. The van der Waals surface area contributed by atoms with Crippen LogP contribution in [-0.2, 0) is 6.54 Å². The minimum Gasteiger partial charge on any atom is -0.361 e. The average molecular weight is 345 g/mol. The maximum Gasteiger partial charge on any atom is 0.172 e. The number of rotatable bonds is 4. The molecular formula is C19H19N7. The number of aromatic nitrogens is 5. The Kier molecular flexibility index (Phi) is 3.62. The van der Waals surface area contributed by atoms with Gasteiger partial charge >= 0.3 is 0 Å². The monoisotopic (exact) mass is 345 g/mol. The summed E-state index contributed by atoms with van der Waals surface area (Å²) < 4.78 is 1.84. The Morgan fingerprint density at radius 2 is 1.73 bits per heavy atom. The van der Waals surface area contributed by atoms with Crippen LogP contribution in [0.3, 0.4) is 0 Å². The largest absolute Gasteiger partial charge is 0.361 e. The third-order valence-corrected chi connectivity index (χ3v) is 4.76. The van der Waals surface area contributed by atoms with E-state index in [-0.39, 0.29) is 0 Å². The molecule has 3 aromatic heterocycles. The molecule has 0 unspecified atom stereocenters. The van der Waals surface area contributed by atoms with Gasteiger partial charge in [0, 0.05) is 25.4 Å². The van der Waals surface area contributed by atoms with Crippen LogP contribution in [0.25, 0.3) is 16.7 Å². The zero-order valence-corrected chi connectivity index (χ0v) is 14.3. The Bertz CT molecular complexity index is 1070. The zero-order valence-electron chi connectivity index (χ0n) is 14.3. The van der Waals surface area contributed by atoms with Gasteiger partial charge in [0.2, 0.25) is 0 Å². The molecule has 0 saturated carbocycles. The predicted molar refractivity (Wildman–Crippen MR) is 101 cm³/mol. The molecule has 7 heteroatoms. The van der Waals surface area contributed by atoms with Gasteiger partial charge in [-0.05, 0) is 31.0 Å². The number of benzene rings is 1. The van der Waals surface area contributed by atoms with Gasteiger partial charge in [-0.1, -0.05) is 12.1 Å². The number of nitrogens with zero attached hydrogens (tertiary/aromatic N) is 6. The lowest BCUT2D eigenvalue weighted by atomic mass is 10.3. The normalized spacial score (nSPS) is 14.4. The summed E-state index contributed by atoms with van der Waals surface area (Å²) in [4.78, 5) is 16.4. The van der Waals surface area contributed by atoms with Gasteiger partial charge in [-0.15, -0.1) is 0 Å². The smallest absolute Gasteiger partial charge is 0.172 e. The van der Waals surface area contributed by atoms with Crippen molar-refractivity contribution in [2.75, 3.05) is 23.3 Å². The highest BCUT2D eigenvalue weighted by Gasteiger charge is 2.19. The highest BCUT2D eigenvalue weighted by Crippen LogP contribution is 2.28. The molecule has 0 amide bonds.